The number of amidine groups is 1. The van der Waals surface area contributed by atoms with Crippen molar-refractivity contribution >= 4 is 34.4 Å². The molecule has 2 aliphatic heterocycles. The first kappa shape index (κ1) is 19.7. The third kappa shape index (κ3) is 3.05. The maximum atomic E-state index is 13.5. The Morgan fingerprint density at radius 2 is 1.97 bits per heavy atom. The Balaban J connectivity index is 1.77. The predicted octanol–water partition coefficient (Wildman–Crippen LogP) is 3.02. The molecule has 29 heavy (non-hydrogen) atoms. The molecule has 0 spiro atoms. The van der Waals surface area contributed by atoms with Gasteiger partial charge in [-0.2, -0.15) is 0 Å². The molecule has 0 aromatic heterocycles. The highest BCUT2D eigenvalue weighted by Gasteiger charge is 2.59. The van der Waals surface area contributed by atoms with Crippen molar-refractivity contribution in [2.75, 3.05) is 4.90 Å². The van der Waals surface area contributed by atoms with Crippen LogP contribution >= 0.6 is 11.8 Å². The van der Waals surface area contributed by atoms with Crippen LogP contribution in [-0.2, 0) is 21.7 Å². The molecule has 150 valence electrons. The summed E-state index contributed by atoms with van der Waals surface area (Å²) in [5.41, 5.74) is 2.24. The minimum absolute atomic E-state index is 0.0577. The lowest BCUT2D eigenvalue weighted by Gasteiger charge is -2.26. The molecule has 2 amide bonds. The average Bonchev–Trinajstić information content (AvgIpc) is 3.13. The van der Waals surface area contributed by atoms with Gasteiger partial charge in [-0.1, -0.05) is 62.0 Å². The number of para-hydroxylation sites is 1. The predicted molar refractivity (Wildman–Crippen MR) is 114 cm³/mol. The molecule has 0 aliphatic carbocycles. The summed E-state index contributed by atoms with van der Waals surface area (Å²) in [5.74, 6) is -0.696. The molecule has 0 bridgehead atoms. The SMILES string of the molecule is Cc1ccc(C(C)C)cc1CN1C(=O)C(O)(C2SC(=N)NC2=O)c2ccccc21. The van der Waals surface area contributed by atoms with Gasteiger partial charge in [0.1, 0.15) is 5.25 Å². The van der Waals surface area contributed by atoms with Gasteiger partial charge in [-0.25, -0.2) is 0 Å². The molecule has 3 N–H and O–H groups in total. The Bertz CT molecular complexity index is 1040. The van der Waals surface area contributed by atoms with E-state index in [0.717, 1.165) is 22.9 Å². The number of nitrogens with zero attached hydrogens (tertiary/aromatic N) is 1. The second-order valence-electron chi connectivity index (χ2n) is 7.83. The maximum absolute atomic E-state index is 13.5. The minimum atomic E-state index is -2.00. The number of hydrogen-bond donors (Lipinski definition) is 3. The molecule has 2 aromatic carbocycles. The standard InChI is InChI=1S/C22H23N3O3S/c1-12(2)14-9-8-13(3)15(10-14)11-25-17-7-5-4-6-16(17)22(28,20(25)27)18-19(26)24-21(23)29-18/h4-10,12,18,28H,11H2,1-3H3,(H2,23,24,26). The highest BCUT2D eigenvalue weighted by atomic mass is 32.2. The topological polar surface area (TPSA) is 93.5 Å². The van der Waals surface area contributed by atoms with Crippen LogP contribution in [0.1, 0.15) is 42.0 Å². The number of aryl methyl sites for hydroxylation is 1. The van der Waals surface area contributed by atoms with Crippen LogP contribution in [0.25, 0.3) is 0 Å². The van der Waals surface area contributed by atoms with Crippen LogP contribution in [0.5, 0.6) is 0 Å². The number of aliphatic hydroxyl groups is 1. The number of nitrogens with one attached hydrogen (secondary N) is 2. The number of amides is 2. The van der Waals surface area contributed by atoms with Crippen molar-refractivity contribution in [1.82, 2.24) is 5.32 Å². The van der Waals surface area contributed by atoms with Gasteiger partial charge in [0.2, 0.25) is 5.91 Å². The van der Waals surface area contributed by atoms with Crippen LogP contribution in [0.3, 0.4) is 0 Å². The van der Waals surface area contributed by atoms with Gasteiger partial charge < -0.3 is 15.3 Å². The zero-order chi connectivity index (χ0) is 20.9. The summed E-state index contributed by atoms with van der Waals surface area (Å²) in [6.07, 6.45) is 0. The van der Waals surface area contributed by atoms with E-state index in [4.69, 9.17) is 5.41 Å². The maximum Gasteiger partial charge on any atom is 0.265 e. The van der Waals surface area contributed by atoms with Crippen molar-refractivity contribution in [3.05, 3.63) is 64.7 Å². The number of rotatable bonds is 4. The van der Waals surface area contributed by atoms with E-state index in [9.17, 15) is 14.7 Å². The molecule has 6 nitrogen and oxygen atoms in total. The highest BCUT2D eigenvalue weighted by molar-refractivity contribution is 8.15. The summed E-state index contributed by atoms with van der Waals surface area (Å²) in [6, 6.07) is 13.3. The van der Waals surface area contributed by atoms with Crippen LogP contribution in [0.15, 0.2) is 42.5 Å². The van der Waals surface area contributed by atoms with Gasteiger partial charge in [0, 0.05) is 5.56 Å². The molecule has 0 saturated carbocycles. The van der Waals surface area contributed by atoms with Gasteiger partial charge in [-0.05, 0) is 35.6 Å². The van der Waals surface area contributed by atoms with E-state index in [1.807, 2.05) is 19.1 Å². The van der Waals surface area contributed by atoms with Gasteiger partial charge in [-0.3, -0.25) is 15.0 Å². The van der Waals surface area contributed by atoms with E-state index in [1.54, 1.807) is 23.1 Å². The van der Waals surface area contributed by atoms with E-state index in [0.29, 0.717) is 23.7 Å². The smallest absolute Gasteiger partial charge is 0.265 e. The largest absolute Gasteiger partial charge is 0.374 e. The Labute approximate surface area is 173 Å². The summed E-state index contributed by atoms with van der Waals surface area (Å²) < 4.78 is 0. The fourth-order valence-corrected chi connectivity index (χ4v) is 4.88. The quantitative estimate of drug-likeness (QED) is 0.724. The fourth-order valence-electron chi connectivity index (χ4n) is 3.92. The summed E-state index contributed by atoms with van der Waals surface area (Å²) in [7, 11) is 0. The van der Waals surface area contributed by atoms with Gasteiger partial charge in [0.15, 0.2) is 10.8 Å². The third-order valence-electron chi connectivity index (χ3n) is 5.63. The Hall–Kier alpha value is -2.64. The second-order valence-corrected chi connectivity index (χ2v) is 8.95. The number of thioether (sulfide) groups is 1. The van der Waals surface area contributed by atoms with Crippen LogP contribution in [0.2, 0.25) is 0 Å². The minimum Gasteiger partial charge on any atom is -0.374 e. The number of carbonyl (C=O) groups excluding carboxylic acids is 2. The van der Waals surface area contributed by atoms with Crippen molar-refractivity contribution in [2.45, 2.75) is 44.1 Å². The van der Waals surface area contributed by atoms with Crippen molar-refractivity contribution in [3.8, 4) is 0 Å². The zero-order valence-corrected chi connectivity index (χ0v) is 17.3. The molecule has 1 saturated heterocycles. The molecular weight excluding hydrogens is 386 g/mol. The molecule has 1 fully saturated rings. The molecule has 4 rings (SSSR count). The average molecular weight is 410 g/mol. The number of benzene rings is 2. The first-order valence-electron chi connectivity index (χ1n) is 9.52. The monoisotopic (exact) mass is 409 g/mol. The van der Waals surface area contributed by atoms with E-state index >= 15 is 0 Å². The van der Waals surface area contributed by atoms with Crippen molar-refractivity contribution in [1.29, 1.82) is 5.41 Å². The first-order valence-corrected chi connectivity index (χ1v) is 10.4. The van der Waals surface area contributed by atoms with Gasteiger partial charge >= 0.3 is 0 Å². The van der Waals surface area contributed by atoms with Crippen LogP contribution in [0, 0.1) is 12.3 Å². The van der Waals surface area contributed by atoms with Crippen molar-refractivity contribution < 1.29 is 14.7 Å². The lowest BCUT2D eigenvalue weighted by Crippen LogP contribution is -2.50. The zero-order valence-electron chi connectivity index (χ0n) is 16.5. The summed E-state index contributed by atoms with van der Waals surface area (Å²) in [6.45, 7) is 6.55. The Kier molecular flexibility index (Phi) is 4.75. The normalized spacial score (nSPS) is 23.7. The summed E-state index contributed by atoms with van der Waals surface area (Å²) in [4.78, 5) is 27.4. The molecule has 2 atom stereocenters. The van der Waals surface area contributed by atoms with Crippen LogP contribution in [0.4, 0.5) is 5.69 Å². The van der Waals surface area contributed by atoms with Crippen LogP contribution < -0.4 is 10.2 Å². The summed E-state index contributed by atoms with van der Waals surface area (Å²) in [5, 5.41) is 20.5. The number of anilines is 1. The number of fused-ring (bicyclic) bond motifs is 1. The lowest BCUT2D eigenvalue weighted by molar-refractivity contribution is -0.140. The van der Waals surface area contributed by atoms with Gasteiger partial charge in [0.05, 0.1) is 12.2 Å². The fraction of sp³-hybridized carbons (Fsp3) is 0.318. The molecule has 2 unspecified atom stereocenters. The van der Waals surface area contributed by atoms with Crippen molar-refractivity contribution in [3.63, 3.8) is 0 Å². The number of carbonyl (C=O) groups is 2. The number of hydrogen-bond acceptors (Lipinski definition) is 5. The second kappa shape index (κ2) is 7.00. The Morgan fingerprint density at radius 3 is 2.62 bits per heavy atom. The van der Waals surface area contributed by atoms with E-state index in [-0.39, 0.29) is 5.17 Å². The molecule has 2 heterocycles. The van der Waals surface area contributed by atoms with Gasteiger partial charge in [0.25, 0.3) is 5.91 Å². The summed E-state index contributed by atoms with van der Waals surface area (Å²) >= 11 is 0.880. The Morgan fingerprint density at radius 1 is 1.24 bits per heavy atom. The highest BCUT2D eigenvalue weighted by Crippen LogP contribution is 2.47. The molecule has 7 heteroatoms. The van der Waals surface area contributed by atoms with E-state index in [2.05, 4.69) is 31.3 Å². The molecule has 2 aromatic rings. The molecule has 2 aliphatic rings. The molecule has 0 radical (unpaired) electrons. The van der Waals surface area contributed by atoms with Crippen molar-refractivity contribution in [2.24, 2.45) is 0 Å². The molecular formula is C22H23N3O3S. The van der Waals surface area contributed by atoms with E-state index in [1.165, 1.54) is 5.56 Å². The van der Waals surface area contributed by atoms with Gasteiger partial charge in [-0.15, -0.1) is 0 Å². The van der Waals surface area contributed by atoms with Crippen LogP contribution in [-0.4, -0.2) is 27.3 Å². The first-order chi connectivity index (χ1) is 13.7. The third-order valence-corrected chi connectivity index (χ3v) is 6.76. The lowest BCUT2D eigenvalue weighted by atomic mass is 9.91. The van der Waals surface area contributed by atoms with E-state index < -0.39 is 22.7 Å².